The van der Waals surface area contributed by atoms with E-state index in [-0.39, 0.29) is 12.3 Å². The molecular formula is C11H10N2O2. The summed E-state index contributed by atoms with van der Waals surface area (Å²) in [6, 6.07) is 8.77. The predicted octanol–water partition coefficient (Wildman–Crippen LogP) is 0.656. The third kappa shape index (κ3) is 1.83. The summed E-state index contributed by atoms with van der Waals surface area (Å²) in [6.45, 7) is 0.338. The molecule has 0 radical (unpaired) electrons. The number of carbonyl (C=O) groups excluding carboxylic acids is 1. The highest BCUT2D eigenvalue weighted by atomic mass is 16.3. The molecule has 1 atom stereocenters. The van der Waals surface area contributed by atoms with Crippen molar-refractivity contribution in [1.82, 2.24) is 0 Å². The van der Waals surface area contributed by atoms with Crippen molar-refractivity contribution in [3.05, 3.63) is 29.8 Å². The predicted molar refractivity (Wildman–Crippen MR) is 54.1 cm³/mol. The van der Waals surface area contributed by atoms with E-state index in [1.54, 1.807) is 24.3 Å². The monoisotopic (exact) mass is 202 g/mol. The van der Waals surface area contributed by atoms with Crippen LogP contribution in [-0.4, -0.2) is 23.7 Å². The molecule has 1 N–H and O–H groups in total. The number of hydrogen-bond acceptors (Lipinski definition) is 3. The number of carbonyl (C=O) groups is 1. The summed E-state index contributed by atoms with van der Waals surface area (Å²) < 4.78 is 0. The topological polar surface area (TPSA) is 64.3 Å². The molecule has 4 heteroatoms. The minimum absolute atomic E-state index is 0.0767. The van der Waals surface area contributed by atoms with Gasteiger partial charge in [0, 0.05) is 5.69 Å². The van der Waals surface area contributed by atoms with Gasteiger partial charge >= 0.3 is 0 Å². The van der Waals surface area contributed by atoms with Crippen molar-refractivity contribution in [3.63, 3.8) is 0 Å². The van der Waals surface area contributed by atoms with Gasteiger partial charge in [-0.3, -0.25) is 4.79 Å². The fourth-order valence-corrected chi connectivity index (χ4v) is 1.65. The van der Waals surface area contributed by atoms with Gasteiger partial charge in [0.25, 0.3) is 0 Å². The molecule has 1 saturated heterocycles. The number of nitriles is 1. The second kappa shape index (κ2) is 3.71. The van der Waals surface area contributed by atoms with Crippen molar-refractivity contribution in [1.29, 1.82) is 5.26 Å². The van der Waals surface area contributed by atoms with Crippen LogP contribution in [-0.2, 0) is 4.79 Å². The van der Waals surface area contributed by atoms with Crippen LogP contribution < -0.4 is 4.90 Å². The van der Waals surface area contributed by atoms with E-state index < -0.39 is 6.10 Å². The SMILES string of the molecule is N#Cc1ccc(N2CC(O)CC2=O)cc1. The van der Waals surface area contributed by atoms with Gasteiger partial charge in [0.1, 0.15) is 0 Å². The van der Waals surface area contributed by atoms with Gasteiger partial charge in [0.2, 0.25) is 5.91 Å². The van der Waals surface area contributed by atoms with Crippen LogP contribution in [0.3, 0.4) is 0 Å². The second-order valence-corrected chi connectivity index (χ2v) is 3.52. The van der Waals surface area contributed by atoms with Gasteiger partial charge in [0.15, 0.2) is 0 Å². The minimum Gasteiger partial charge on any atom is -0.391 e. The number of aliphatic hydroxyl groups is 1. The molecule has 1 fully saturated rings. The highest BCUT2D eigenvalue weighted by molar-refractivity contribution is 5.96. The Morgan fingerprint density at radius 1 is 1.40 bits per heavy atom. The lowest BCUT2D eigenvalue weighted by molar-refractivity contribution is -0.117. The Kier molecular flexibility index (Phi) is 2.40. The van der Waals surface area contributed by atoms with Crippen molar-refractivity contribution < 1.29 is 9.90 Å². The Hall–Kier alpha value is -1.86. The zero-order valence-corrected chi connectivity index (χ0v) is 8.05. The van der Waals surface area contributed by atoms with Crippen molar-refractivity contribution in [2.24, 2.45) is 0 Å². The third-order valence-corrected chi connectivity index (χ3v) is 2.41. The van der Waals surface area contributed by atoms with Crippen LogP contribution in [0.15, 0.2) is 24.3 Å². The first-order chi connectivity index (χ1) is 7.20. The normalized spacial score (nSPS) is 20.4. The molecule has 1 aromatic rings. The summed E-state index contributed by atoms with van der Waals surface area (Å²) >= 11 is 0. The number of aliphatic hydroxyl groups excluding tert-OH is 1. The smallest absolute Gasteiger partial charge is 0.229 e. The molecule has 1 aliphatic heterocycles. The lowest BCUT2D eigenvalue weighted by Crippen LogP contribution is -2.25. The van der Waals surface area contributed by atoms with Gasteiger partial charge in [0.05, 0.1) is 30.7 Å². The molecule has 76 valence electrons. The molecule has 1 aromatic carbocycles. The maximum Gasteiger partial charge on any atom is 0.229 e. The van der Waals surface area contributed by atoms with Gasteiger partial charge in [-0.05, 0) is 24.3 Å². The fourth-order valence-electron chi connectivity index (χ4n) is 1.65. The van der Waals surface area contributed by atoms with E-state index in [9.17, 15) is 9.90 Å². The molecule has 0 spiro atoms. The van der Waals surface area contributed by atoms with Gasteiger partial charge in [-0.1, -0.05) is 0 Å². The van der Waals surface area contributed by atoms with Crippen LogP contribution in [0.5, 0.6) is 0 Å². The largest absolute Gasteiger partial charge is 0.391 e. The maximum absolute atomic E-state index is 11.4. The van der Waals surface area contributed by atoms with Crippen LogP contribution >= 0.6 is 0 Å². The van der Waals surface area contributed by atoms with Gasteiger partial charge in [-0.2, -0.15) is 5.26 Å². The summed E-state index contributed by atoms with van der Waals surface area (Å²) in [5.74, 6) is -0.0767. The van der Waals surface area contributed by atoms with E-state index in [4.69, 9.17) is 5.26 Å². The van der Waals surface area contributed by atoms with Gasteiger partial charge in [-0.15, -0.1) is 0 Å². The number of amides is 1. The molecule has 1 heterocycles. The first-order valence-corrected chi connectivity index (χ1v) is 4.69. The first kappa shape index (κ1) is 9.69. The first-order valence-electron chi connectivity index (χ1n) is 4.69. The zero-order valence-electron chi connectivity index (χ0n) is 8.05. The van der Waals surface area contributed by atoms with Crippen LogP contribution in [0.1, 0.15) is 12.0 Å². The molecule has 2 rings (SSSR count). The van der Waals surface area contributed by atoms with Crippen molar-refractivity contribution in [2.45, 2.75) is 12.5 Å². The Balaban J connectivity index is 2.23. The van der Waals surface area contributed by atoms with Gasteiger partial charge < -0.3 is 10.0 Å². The van der Waals surface area contributed by atoms with Crippen LogP contribution in [0.4, 0.5) is 5.69 Å². The van der Waals surface area contributed by atoms with Crippen molar-refractivity contribution >= 4 is 11.6 Å². The Bertz CT molecular complexity index is 419. The summed E-state index contributed by atoms with van der Waals surface area (Å²) in [4.78, 5) is 13.0. The molecule has 0 aromatic heterocycles. The fraction of sp³-hybridized carbons (Fsp3) is 0.273. The molecule has 1 amide bonds. The summed E-state index contributed by atoms with van der Waals surface area (Å²) in [5.41, 5.74) is 1.29. The van der Waals surface area contributed by atoms with Crippen molar-refractivity contribution in [2.75, 3.05) is 11.4 Å². The molecular weight excluding hydrogens is 192 g/mol. The average Bonchev–Trinajstić information content (AvgIpc) is 2.58. The molecule has 0 saturated carbocycles. The number of rotatable bonds is 1. The standard InChI is InChI=1S/C11H10N2O2/c12-6-8-1-3-9(4-2-8)13-7-10(14)5-11(13)15/h1-4,10,14H,5,7H2. The van der Waals surface area contributed by atoms with Crippen LogP contribution in [0.25, 0.3) is 0 Å². The van der Waals surface area contributed by atoms with E-state index in [1.807, 2.05) is 6.07 Å². The molecule has 0 bridgehead atoms. The molecule has 1 aliphatic rings. The van der Waals surface area contributed by atoms with E-state index in [0.717, 1.165) is 5.69 Å². The second-order valence-electron chi connectivity index (χ2n) is 3.52. The Labute approximate surface area is 87.4 Å². The van der Waals surface area contributed by atoms with Crippen molar-refractivity contribution in [3.8, 4) is 6.07 Å². The Morgan fingerprint density at radius 3 is 2.53 bits per heavy atom. The Morgan fingerprint density at radius 2 is 2.07 bits per heavy atom. The summed E-state index contributed by atoms with van der Waals surface area (Å²) in [7, 11) is 0. The highest BCUT2D eigenvalue weighted by Gasteiger charge is 2.28. The highest BCUT2D eigenvalue weighted by Crippen LogP contribution is 2.21. The van der Waals surface area contributed by atoms with E-state index in [2.05, 4.69) is 0 Å². The zero-order chi connectivity index (χ0) is 10.8. The van der Waals surface area contributed by atoms with E-state index >= 15 is 0 Å². The number of β-amino-alcohol motifs (C(OH)–C–C–N with tert-alkyl or cyclic N) is 1. The lowest BCUT2D eigenvalue weighted by Gasteiger charge is -2.15. The van der Waals surface area contributed by atoms with Gasteiger partial charge in [-0.25, -0.2) is 0 Å². The van der Waals surface area contributed by atoms with E-state index in [1.165, 1.54) is 4.90 Å². The molecule has 0 aliphatic carbocycles. The summed E-state index contributed by atoms with van der Waals surface area (Å²) in [5, 5.41) is 17.9. The third-order valence-electron chi connectivity index (χ3n) is 2.41. The minimum atomic E-state index is -0.576. The average molecular weight is 202 g/mol. The van der Waals surface area contributed by atoms with Crippen LogP contribution in [0, 0.1) is 11.3 Å². The number of hydrogen-bond donors (Lipinski definition) is 1. The molecule has 4 nitrogen and oxygen atoms in total. The summed E-state index contributed by atoms with van der Waals surface area (Å²) in [6.07, 6.45) is -0.395. The molecule has 1 unspecified atom stereocenters. The van der Waals surface area contributed by atoms with Crippen LogP contribution in [0.2, 0.25) is 0 Å². The molecule has 15 heavy (non-hydrogen) atoms. The number of benzene rings is 1. The quantitative estimate of drug-likeness (QED) is 0.727. The number of nitrogens with zero attached hydrogens (tertiary/aromatic N) is 2. The van der Waals surface area contributed by atoms with E-state index in [0.29, 0.717) is 12.1 Å². The lowest BCUT2D eigenvalue weighted by atomic mass is 10.2. The maximum atomic E-state index is 11.4. The number of anilines is 1.